The van der Waals surface area contributed by atoms with Gasteiger partial charge in [0.25, 0.3) is 0 Å². The number of nitrogens with zero attached hydrogens (tertiary/aromatic N) is 1. The van der Waals surface area contributed by atoms with Crippen LogP contribution in [0.25, 0.3) is 0 Å². The smallest absolute Gasteiger partial charge is 0.191 e. The van der Waals surface area contributed by atoms with Crippen molar-refractivity contribution in [3.63, 3.8) is 0 Å². The van der Waals surface area contributed by atoms with Gasteiger partial charge in [0.2, 0.25) is 0 Å². The Morgan fingerprint density at radius 2 is 1.86 bits per heavy atom. The number of nitrogens with one attached hydrogen (secondary N) is 2. The highest BCUT2D eigenvalue weighted by atomic mass is 127. The maximum absolute atomic E-state index is 5.88. The predicted octanol–water partition coefficient (Wildman–Crippen LogP) is 3.05. The van der Waals surface area contributed by atoms with Gasteiger partial charge in [-0.1, -0.05) is 19.1 Å². The van der Waals surface area contributed by atoms with E-state index in [1.165, 1.54) is 0 Å². The quantitative estimate of drug-likeness (QED) is 0.385. The molecule has 0 amide bonds. The first kappa shape index (κ1) is 20.8. The Bertz CT molecular complexity index is 441. The maximum Gasteiger partial charge on any atom is 0.191 e. The third-order valence-electron chi connectivity index (χ3n) is 2.79. The van der Waals surface area contributed by atoms with Gasteiger partial charge in [-0.25, -0.2) is 4.99 Å². The molecule has 1 aromatic rings. The average Bonchev–Trinajstić information content (AvgIpc) is 2.50. The van der Waals surface area contributed by atoms with Gasteiger partial charge in [0.15, 0.2) is 17.5 Å². The van der Waals surface area contributed by atoms with Crippen LogP contribution in [0.4, 0.5) is 0 Å². The molecule has 0 aliphatic heterocycles. The van der Waals surface area contributed by atoms with Crippen molar-refractivity contribution in [2.45, 2.75) is 33.3 Å². The Morgan fingerprint density at radius 1 is 1.18 bits per heavy atom. The van der Waals surface area contributed by atoms with Crippen molar-refractivity contribution >= 4 is 29.9 Å². The summed E-state index contributed by atoms with van der Waals surface area (Å²) >= 11 is 0. The summed E-state index contributed by atoms with van der Waals surface area (Å²) in [5.41, 5.74) is 0. The number of aliphatic imine (C=N–C) groups is 1. The minimum absolute atomic E-state index is 0. The summed E-state index contributed by atoms with van der Waals surface area (Å²) in [6.45, 7) is 8.52. The summed E-state index contributed by atoms with van der Waals surface area (Å²) in [6.07, 6.45) is 1.04. The standard InChI is InChI=1S/C16H27N3O2.HI/c1-5-11-18-16(17-6-2)19-12-13(3)21-15-10-8-7-9-14(15)20-4;/h7-10,13H,5-6,11-12H2,1-4H3,(H2,17,18,19);1H. The first-order valence-electron chi connectivity index (χ1n) is 7.53. The topological polar surface area (TPSA) is 54.9 Å². The molecule has 0 aromatic heterocycles. The molecule has 0 fully saturated rings. The fourth-order valence-corrected chi connectivity index (χ4v) is 1.78. The number of para-hydroxylation sites is 2. The van der Waals surface area contributed by atoms with Gasteiger partial charge < -0.3 is 20.1 Å². The lowest BCUT2D eigenvalue weighted by molar-refractivity contribution is 0.219. The van der Waals surface area contributed by atoms with Crippen LogP contribution >= 0.6 is 24.0 Å². The minimum Gasteiger partial charge on any atom is -0.493 e. The minimum atomic E-state index is -0.0293. The predicted molar refractivity (Wildman–Crippen MR) is 103 cm³/mol. The van der Waals surface area contributed by atoms with Crippen LogP contribution < -0.4 is 20.1 Å². The van der Waals surface area contributed by atoms with Crippen LogP contribution in [0, 0.1) is 0 Å². The van der Waals surface area contributed by atoms with Crippen molar-refractivity contribution in [1.82, 2.24) is 10.6 Å². The van der Waals surface area contributed by atoms with Gasteiger partial charge in [-0.15, -0.1) is 24.0 Å². The van der Waals surface area contributed by atoms with Crippen LogP contribution in [-0.4, -0.2) is 38.8 Å². The third kappa shape index (κ3) is 7.72. The van der Waals surface area contributed by atoms with Crippen molar-refractivity contribution in [1.29, 1.82) is 0 Å². The molecule has 1 aromatic carbocycles. The number of guanidine groups is 1. The fourth-order valence-electron chi connectivity index (χ4n) is 1.78. The molecule has 0 spiro atoms. The van der Waals surface area contributed by atoms with Crippen molar-refractivity contribution in [2.75, 3.05) is 26.7 Å². The van der Waals surface area contributed by atoms with Crippen LogP contribution in [0.3, 0.4) is 0 Å². The number of methoxy groups -OCH3 is 1. The molecule has 0 radical (unpaired) electrons. The molecule has 0 saturated heterocycles. The monoisotopic (exact) mass is 421 g/mol. The Labute approximate surface area is 150 Å². The molecule has 0 aliphatic rings. The summed E-state index contributed by atoms with van der Waals surface area (Å²) in [7, 11) is 1.64. The van der Waals surface area contributed by atoms with E-state index >= 15 is 0 Å². The van der Waals surface area contributed by atoms with E-state index in [1.807, 2.05) is 31.2 Å². The highest BCUT2D eigenvalue weighted by molar-refractivity contribution is 14.0. The zero-order valence-corrected chi connectivity index (χ0v) is 16.2. The second-order valence-corrected chi connectivity index (χ2v) is 4.73. The molecule has 1 rings (SSSR count). The summed E-state index contributed by atoms with van der Waals surface area (Å²) in [5.74, 6) is 2.31. The fraction of sp³-hybridized carbons (Fsp3) is 0.562. The number of rotatable bonds is 8. The molecule has 0 saturated carbocycles. The van der Waals surface area contributed by atoms with Crippen molar-refractivity contribution in [3.8, 4) is 11.5 Å². The van der Waals surface area contributed by atoms with Crippen LogP contribution in [0.5, 0.6) is 11.5 Å². The Balaban J connectivity index is 0.00000441. The highest BCUT2D eigenvalue weighted by Gasteiger charge is 2.08. The van der Waals surface area contributed by atoms with Crippen molar-refractivity contribution < 1.29 is 9.47 Å². The van der Waals surface area contributed by atoms with Gasteiger partial charge in [0.1, 0.15) is 6.10 Å². The number of hydrogen-bond acceptors (Lipinski definition) is 3. The van der Waals surface area contributed by atoms with Crippen molar-refractivity contribution in [2.24, 2.45) is 4.99 Å². The Hall–Kier alpha value is -1.18. The van der Waals surface area contributed by atoms with E-state index in [0.29, 0.717) is 6.54 Å². The zero-order valence-electron chi connectivity index (χ0n) is 13.9. The first-order chi connectivity index (χ1) is 10.2. The summed E-state index contributed by atoms with van der Waals surface area (Å²) < 4.78 is 11.2. The van der Waals surface area contributed by atoms with Gasteiger partial charge in [0, 0.05) is 13.1 Å². The van der Waals surface area contributed by atoms with E-state index < -0.39 is 0 Å². The molecule has 22 heavy (non-hydrogen) atoms. The molecule has 2 N–H and O–H groups in total. The first-order valence-corrected chi connectivity index (χ1v) is 7.53. The maximum atomic E-state index is 5.88. The highest BCUT2D eigenvalue weighted by Crippen LogP contribution is 2.26. The molecule has 6 heteroatoms. The van der Waals surface area contributed by atoms with E-state index in [0.717, 1.165) is 37.0 Å². The lowest BCUT2D eigenvalue weighted by Gasteiger charge is -2.16. The van der Waals surface area contributed by atoms with Crippen molar-refractivity contribution in [3.05, 3.63) is 24.3 Å². The van der Waals surface area contributed by atoms with E-state index in [-0.39, 0.29) is 30.1 Å². The number of hydrogen-bond donors (Lipinski definition) is 2. The second-order valence-electron chi connectivity index (χ2n) is 4.73. The normalized spacial score (nSPS) is 12.1. The van der Waals surface area contributed by atoms with Crippen LogP contribution in [0.2, 0.25) is 0 Å². The Morgan fingerprint density at radius 3 is 2.45 bits per heavy atom. The molecule has 1 atom stereocenters. The SMILES string of the molecule is CCCNC(=NCC(C)Oc1ccccc1OC)NCC.I. The molecule has 0 bridgehead atoms. The van der Waals surface area contributed by atoms with Crippen LogP contribution in [-0.2, 0) is 0 Å². The van der Waals surface area contributed by atoms with Gasteiger partial charge >= 0.3 is 0 Å². The number of halogens is 1. The summed E-state index contributed by atoms with van der Waals surface area (Å²) in [6, 6.07) is 7.64. The number of benzene rings is 1. The molecular formula is C16H28IN3O2. The van der Waals surface area contributed by atoms with Gasteiger partial charge in [0.05, 0.1) is 13.7 Å². The zero-order chi connectivity index (χ0) is 15.5. The average molecular weight is 421 g/mol. The van der Waals surface area contributed by atoms with E-state index in [9.17, 15) is 0 Å². The van der Waals surface area contributed by atoms with E-state index in [2.05, 4.69) is 29.5 Å². The molecular weight excluding hydrogens is 393 g/mol. The molecule has 126 valence electrons. The summed E-state index contributed by atoms with van der Waals surface area (Å²) in [4.78, 5) is 4.53. The molecule has 5 nitrogen and oxygen atoms in total. The number of ether oxygens (including phenoxy) is 2. The molecule has 0 heterocycles. The van der Waals surface area contributed by atoms with Gasteiger partial charge in [-0.3, -0.25) is 0 Å². The van der Waals surface area contributed by atoms with Gasteiger partial charge in [-0.05, 0) is 32.4 Å². The largest absolute Gasteiger partial charge is 0.493 e. The summed E-state index contributed by atoms with van der Waals surface area (Å²) in [5, 5.41) is 6.49. The second kappa shape index (κ2) is 12.4. The van der Waals surface area contributed by atoms with Crippen LogP contribution in [0.15, 0.2) is 29.3 Å². The van der Waals surface area contributed by atoms with E-state index in [1.54, 1.807) is 7.11 Å². The lowest BCUT2D eigenvalue weighted by atomic mass is 10.3. The lowest BCUT2D eigenvalue weighted by Crippen LogP contribution is -2.38. The molecule has 1 unspecified atom stereocenters. The Kier molecular flexibility index (Phi) is 11.7. The van der Waals surface area contributed by atoms with Gasteiger partial charge in [-0.2, -0.15) is 0 Å². The third-order valence-corrected chi connectivity index (χ3v) is 2.79. The molecule has 0 aliphatic carbocycles. The van der Waals surface area contributed by atoms with Crippen LogP contribution in [0.1, 0.15) is 27.2 Å². The van der Waals surface area contributed by atoms with E-state index in [4.69, 9.17) is 9.47 Å².